The van der Waals surface area contributed by atoms with Gasteiger partial charge in [0.05, 0.1) is 11.4 Å². The number of hydrogen-bond acceptors (Lipinski definition) is 4. The summed E-state index contributed by atoms with van der Waals surface area (Å²) in [6.45, 7) is 3.54. The van der Waals surface area contributed by atoms with E-state index in [4.69, 9.17) is 6.42 Å². The molecular weight excluding hydrogens is 274 g/mol. The largest absolute Gasteiger partial charge is 0.507 e. The molecule has 1 fully saturated rings. The number of carbonyl (C=O) groups excluding carboxylic acids is 2. The minimum absolute atomic E-state index is 0.0182. The third kappa shape index (κ3) is 2.56. The number of benzene rings is 1. The van der Waals surface area contributed by atoms with Gasteiger partial charge in [0, 0.05) is 0 Å². The first-order valence-electron chi connectivity index (χ1n) is 5.93. The average Bonchev–Trinajstić information content (AvgIpc) is 2.64. The number of hydrogen-bond donors (Lipinski definition) is 1. The fourth-order valence-corrected chi connectivity index (χ4v) is 2.79. The Morgan fingerprint density at radius 1 is 1.35 bits per heavy atom. The van der Waals surface area contributed by atoms with Gasteiger partial charge < -0.3 is 5.11 Å². The topological polar surface area (TPSA) is 57.6 Å². The van der Waals surface area contributed by atoms with Crippen LogP contribution in [0, 0.1) is 26.2 Å². The lowest BCUT2D eigenvalue weighted by molar-refractivity contribution is -0.122. The third-order valence-corrected chi connectivity index (χ3v) is 3.84. The predicted octanol–water partition coefficient (Wildman–Crippen LogP) is 2.68. The quantitative estimate of drug-likeness (QED) is 0.671. The molecule has 4 nitrogen and oxygen atoms in total. The maximum Gasteiger partial charge on any atom is 0.294 e. The number of rotatable bonds is 2. The zero-order chi connectivity index (χ0) is 14.9. The molecule has 1 aromatic carbocycles. The van der Waals surface area contributed by atoms with Crippen molar-refractivity contribution in [3.63, 3.8) is 0 Å². The molecule has 0 spiro atoms. The number of carbonyl (C=O) groups is 2. The molecule has 0 saturated carbocycles. The lowest BCUT2D eigenvalue weighted by Gasteiger charge is -2.07. The summed E-state index contributed by atoms with van der Waals surface area (Å²) < 4.78 is 0. The Balaban J connectivity index is 2.36. The number of nitrogens with zero attached hydrogens (tertiary/aromatic N) is 1. The number of phenolic OH excluding ortho intramolecular Hbond substituents is 1. The molecule has 0 atom stereocenters. The van der Waals surface area contributed by atoms with Crippen molar-refractivity contribution in [2.45, 2.75) is 13.8 Å². The van der Waals surface area contributed by atoms with Crippen molar-refractivity contribution in [2.75, 3.05) is 6.54 Å². The minimum atomic E-state index is -0.374. The molecular formula is C15H13NO3S. The molecule has 102 valence electrons. The number of amides is 2. The van der Waals surface area contributed by atoms with E-state index in [1.165, 1.54) is 0 Å². The molecule has 2 rings (SSSR count). The Morgan fingerprint density at radius 2 is 1.95 bits per heavy atom. The lowest BCUT2D eigenvalue weighted by atomic mass is 10.1. The summed E-state index contributed by atoms with van der Waals surface area (Å²) in [6, 6.07) is 3.52. The summed E-state index contributed by atoms with van der Waals surface area (Å²) in [7, 11) is 0. The highest BCUT2D eigenvalue weighted by Crippen LogP contribution is 2.33. The highest BCUT2D eigenvalue weighted by molar-refractivity contribution is 8.18. The van der Waals surface area contributed by atoms with Crippen LogP contribution in [0.15, 0.2) is 17.0 Å². The molecule has 0 bridgehead atoms. The van der Waals surface area contributed by atoms with Crippen molar-refractivity contribution in [2.24, 2.45) is 0 Å². The number of terminal acetylenes is 1. The average molecular weight is 287 g/mol. The fourth-order valence-electron chi connectivity index (χ4n) is 1.95. The number of thioether (sulfide) groups is 1. The molecule has 0 aromatic heterocycles. The minimum Gasteiger partial charge on any atom is -0.507 e. The number of aromatic hydroxyl groups is 1. The van der Waals surface area contributed by atoms with E-state index in [1.54, 1.807) is 32.1 Å². The normalized spacial score (nSPS) is 16.9. The van der Waals surface area contributed by atoms with Gasteiger partial charge in [-0.2, -0.15) is 0 Å². The van der Waals surface area contributed by atoms with Gasteiger partial charge in [0.1, 0.15) is 5.75 Å². The van der Waals surface area contributed by atoms with Crippen LogP contribution in [0.4, 0.5) is 4.79 Å². The molecule has 1 saturated heterocycles. The van der Waals surface area contributed by atoms with Crippen molar-refractivity contribution >= 4 is 29.0 Å². The number of aryl methyl sites for hydroxylation is 2. The van der Waals surface area contributed by atoms with Gasteiger partial charge >= 0.3 is 0 Å². The third-order valence-electron chi connectivity index (χ3n) is 2.93. The predicted molar refractivity (Wildman–Crippen MR) is 79.1 cm³/mol. The molecule has 5 heteroatoms. The highest BCUT2D eigenvalue weighted by Gasteiger charge is 2.34. The van der Waals surface area contributed by atoms with E-state index in [0.717, 1.165) is 33.4 Å². The van der Waals surface area contributed by atoms with E-state index in [9.17, 15) is 14.7 Å². The molecule has 0 aliphatic carbocycles. The molecule has 2 amide bonds. The Kier molecular flexibility index (Phi) is 3.86. The summed E-state index contributed by atoms with van der Waals surface area (Å²) in [5.41, 5.74) is 2.21. The van der Waals surface area contributed by atoms with Crippen LogP contribution < -0.4 is 0 Å². The van der Waals surface area contributed by atoms with Gasteiger partial charge in [-0.05, 0) is 60.5 Å². The fraction of sp³-hybridized carbons (Fsp3) is 0.200. The second kappa shape index (κ2) is 5.43. The molecule has 1 N–H and O–H groups in total. The Bertz CT molecular complexity index is 647. The van der Waals surface area contributed by atoms with Crippen LogP contribution in [0.5, 0.6) is 5.75 Å². The molecule has 0 unspecified atom stereocenters. The van der Waals surface area contributed by atoms with Crippen LogP contribution in [0.1, 0.15) is 16.7 Å². The smallest absolute Gasteiger partial charge is 0.294 e. The summed E-state index contributed by atoms with van der Waals surface area (Å²) in [4.78, 5) is 25.1. The summed E-state index contributed by atoms with van der Waals surface area (Å²) in [6.07, 6.45) is 6.77. The standard InChI is InChI=1S/C15H13NO3S/c1-4-5-16-14(18)12(20-15(16)19)8-11-6-9(2)13(17)10(3)7-11/h1,6-8,17H,5H2,2-3H3/b12-8-. The van der Waals surface area contributed by atoms with Crippen molar-refractivity contribution in [3.8, 4) is 18.1 Å². The van der Waals surface area contributed by atoms with Crippen LogP contribution in [0.2, 0.25) is 0 Å². The molecule has 1 heterocycles. The van der Waals surface area contributed by atoms with Crippen LogP contribution >= 0.6 is 11.8 Å². The Hall–Kier alpha value is -2.19. The SMILES string of the molecule is C#CCN1C(=O)S/C(=C\c2cc(C)c(O)c(C)c2)C1=O. The second-order valence-electron chi connectivity index (χ2n) is 4.48. The molecule has 1 aliphatic heterocycles. The zero-order valence-electron chi connectivity index (χ0n) is 11.1. The first-order chi connectivity index (χ1) is 9.43. The summed E-state index contributed by atoms with van der Waals surface area (Å²) in [5, 5.41) is 9.37. The molecule has 1 aromatic rings. The van der Waals surface area contributed by atoms with Gasteiger partial charge in [-0.1, -0.05) is 5.92 Å². The van der Waals surface area contributed by atoms with E-state index in [0.29, 0.717) is 4.91 Å². The van der Waals surface area contributed by atoms with E-state index in [2.05, 4.69) is 5.92 Å². The van der Waals surface area contributed by atoms with E-state index in [1.807, 2.05) is 0 Å². The van der Waals surface area contributed by atoms with Crippen molar-refractivity contribution in [1.29, 1.82) is 0 Å². The second-order valence-corrected chi connectivity index (χ2v) is 5.47. The summed E-state index contributed by atoms with van der Waals surface area (Å²) in [5.74, 6) is 2.16. The Labute approximate surface area is 121 Å². The molecule has 20 heavy (non-hydrogen) atoms. The van der Waals surface area contributed by atoms with Gasteiger partial charge in [0.15, 0.2) is 0 Å². The first-order valence-corrected chi connectivity index (χ1v) is 6.74. The van der Waals surface area contributed by atoms with Crippen molar-refractivity contribution < 1.29 is 14.7 Å². The maximum absolute atomic E-state index is 12.0. The van der Waals surface area contributed by atoms with Gasteiger partial charge in [-0.3, -0.25) is 14.5 Å². The van der Waals surface area contributed by atoms with Gasteiger partial charge in [0.2, 0.25) is 0 Å². The maximum atomic E-state index is 12.0. The Morgan fingerprint density at radius 3 is 2.50 bits per heavy atom. The van der Waals surface area contributed by atoms with Crippen LogP contribution in [0.25, 0.3) is 6.08 Å². The molecule has 0 radical (unpaired) electrons. The van der Waals surface area contributed by atoms with Crippen LogP contribution in [0.3, 0.4) is 0 Å². The van der Waals surface area contributed by atoms with Gasteiger partial charge in [-0.25, -0.2) is 0 Å². The van der Waals surface area contributed by atoms with Crippen LogP contribution in [-0.4, -0.2) is 27.7 Å². The van der Waals surface area contributed by atoms with E-state index < -0.39 is 0 Å². The van der Waals surface area contributed by atoms with Crippen molar-refractivity contribution in [3.05, 3.63) is 33.7 Å². The first kappa shape index (κ1) is 14.2. The highest BCUT2D eigenvalue weighted by atomic mass is 32.2. The lowest BCUT2D eigenvalue weighted by Crippen LogP contribution is -2.28. The van der Waals surface area contributed by atoms with E-state index in [-0.39, 0.29) is 23.4 Å². The zero-order valence-corrected chi connectivity index (χ0v) is 12.0. The van der Waals surface area contributed by atoms with Gasteiger partial charge in [-0.15, -0.1) is 6.42 Å². The van der Waals surface area contributed by atoms with Gasteiger partial charge in [0.25, 0.3) is 11.1 Å². The van der Waals surface area contributed by atoms with Crippen LogP contribution in [-0.2, 0) is 4.79 Å². The van der Waals surface area contributed by atoms with E-state index >= 15 is 0 Å². The summed E-state index contributed by atoms with van der Waals surface area (Å²) >= 11 is 0.873. The number of imide groups is 1. The monoisotopic (exact) mass is 287 g/mol. The number of phenols is 1. The molecule has 1 aliphatic rings. The van der Waals surface area contributed by atoms with Crippen molar-refractivity contribution in [1.82, 2.24) is 4.90 Å².